The molecule has 0 heterocycles. The van der Waals surface area contributed by atoms with E-state index in [1.807, 2.05) is 64.1 Å². The highest BCUT2D eigenvalue weighted by molar-refractivity contribution is 9.26. The first kappa shape index (κ1) is 21.3. The van der Waals surface area contributed by atoms with Crippen molar-refractivity contribution in [3.63, 3.8) is 0 Å². The van der Waals surface area contributed by atoms with E-state index in [1.54, 1.807) is 25.7 Å². The average Bonchev–Trinajstić information content (AvgIpc) is 2.57. The van der Waals surface area contributed by atoms with E-state index in [2.05, 4.69) is 17.9 Å². The first-order valence-corrected chi connectivity index (χ1v) is 11.5. The molecule has 0 saturated carbocycles. The Morgan fingerprint density at radius 1 is 1.09 bits per heavy atom. The zero-order valence-corrected chi connectivity index (χ0v) is 15.7. The van der Waals surface area contributed by atoms with E-state index in [-0.39, 0.29) is 5.97 Å². The molecule has 0 aliphatic heterocycles. The molecular formula is C16H20O2S4. The number of hydrogen-bond acceptors (Lipinski definition) is 6. The summed E-state index contributed by atoms with van der Waals surface area (Å²) in [6.07, 6.45) is 6.94. The first-order chi connectivity index (χ1) is 10.7. The van der Waals surface area contributed by atoms with Crippen molar-refractivity contribution in [3.05, 3.63) is 67.3 Å². The fraction of sp³-hybridized carbons (Fsp3) is 0.188. The molecule has 0 aromatic heterocycles. The van der Waals surface area contributed by atoms with Gasteiger partial charge in [0, 0.05) is 17.6 Å². The maximum absolute atomic E-state index is 10.7. The van der Waals surface area contributed by atoms with Crippen molar-refractivity contribution in [2.75, 3.05) is 18.6 Å². The zero-order chi connectivity index (χ0) is 16.5. The Morgan fingerprint density at radius 2 is 1.64 bits per heavy atom. The van der Waals surface area contributed by atoms with Crippen molar-refractivity contribution in [2.45, 2.75) is 0 Å². The van der Waals surface area contributed by atoms with Crippen LogP contribution in [0.1, 0.15) is 5.56 Å². The largest absolute Gasteiger partial charge is 0.466 e. The summed E-state index contributed by atoms with van der Waals surface area (Å²) in [5, 5.41) is 0. The molecule has 0 aliphatic carbocycles. The fourth-order valence-corrected chi connectivity index (χ4v) is 6.34. The van der Waals surface area contributed by atoms with Gasteiger partial charge >= 0.3 is 5.97 Å². The molecule has 1 aromatic carbocycles. The third-order valence-electron chi connectivity index (χ3n) is 1.91. The van der Waals surface area contributed by atoms with Crippen LogP contribution in [0.3, 0.4) is 0 Å². The summed E-state index contributed by atoms with van der Waals surface area (Å²) < 4.78 is 4.45. The maximum atomic E-state index is 10.7. The monoisotopic (exact) mass is 372 g/mol. The van der Waals surface area contributed by atoms with Crippen molar-refractivity contribution in [1.82, 2.24) is 0 Å². The summed E-state index contributed by atoms with van der Waals surface area (Å²) in [4.78, 5) is 10.7. The molecule has 0 amide bonds. The third-order valence-corrected chi connectivity index (χ3v) is 8.19. The number of carbonyl (C=O) groups is 1. The van der Waals surface area contributed by atoms with Crippen LogP contribution in [-0.4, -0.2) is 24.6 Å². The second kappa shape index (κ2) is 16.7. The van der Waals surface area contributed by atoms with Crippen molar-refractivity contribution < 1.29 is 9.53 Å². The normalized spacial score (nSPS) is 9.68. The van der Waals surface area contributed by atoms with Gasteiger partial charge in [-0.05, 0) is 31.3 Å². The number of benzene rings is 1. The lowest BCUT2D eigenvalue weighted by molar-refractivity contribution is -0.134. The Morgan fingerprint density at radius 3 is 2.09 bits per heavy atom. The molecule has 0 aliphatic rings. The predicted octanol–water partition coefficient (Wildman–Crippen LogP) is 5.91. The van der Waals surface area contributed by atoms with Gasteiger partial charge in [-0.25, -0.2) is 4.79 Å². The van der Waals surface area contributed by atoms with Crippen LogP contribution < -0.4 is 0 Å². The van der Waals surface area contributed by atoms with Gasteiger partial charge in [0.2, 0.25) is 0 Å². The van der Waals surface area contributed by atoms with Crippen LogP contribution >= 0.6 is 41.2 Å². The Hall–Kier alpha value is -0.690. The number of rotatable bonds is 9. The highest BCUT2D eigenvalue weighted by Crippen LogP contribution is 2.42. The summed E-state index contributed by atoms with van der Waals surface area (Å²) in [6, 6.07) is 9.59. The van der Waals surface area contributed by atoms with E-state index in [0.29, 0.717) is 0 Å². The van der Waals surface area contributed by atoms with Crippen molar-refractivity contribution in [1.29, 1.82) is 0 Å². The van der Waals surface area contributed by atoms with Gasteiger partial charge in [-0.15, -0.1) is 13.2 Å². The first-order valence-electron chi connectivity index (χ1n) is 6.35. The smallest absolute Gasteiger partial charge is 0.330 e. The van der Waals surface area contributed by atoms with Crippen LogP contribution in [0.2, 0.25) is 0 Å². The Balaban J connectivity index is 0.000000409. The summed E-state index contributed by atoms with van der Waals surface area (Å²) >= 11 is 0. The number of carbonyl (C=O) groups excluding carboxylic acids is 1. The van der Waals surface area contributed by atoms with E-state index < -0.39 is 0 Å². The molecule has 0 bridgehead atoms. The molecule has 1 aromatic rings. The quantitative estimate of drug-likeness (QED) is 0.176. The molecule has 1 rings (SSSR count). The summed E-state index contributed by atoms with van der Waals surface area (Å²) in [6.45, 7) is 7.26. The van der Waals surface area contributed by atoms with Crippen molar-refractivity contribution in [2.24, 2.45) is 0 Å². The molecule has 120 valence electrons. The fourth-order valence-electron chi connectivity index (χ4n) is 0.988. The highest BCUT2D eigenvalue weighted by Gasteiger charge is 1.90. The highest BCUT2D eigenvalue weighted by atomic mass is 33.7. The van der Waals surface area contributed by atoms with Crippen LogP contribution in [0.15, 0.2) is 61.7 Å². The van der Waals surface area contributed by atoms with Gasteiger partial charge in [0.15, 0.2) is 0 Å². The summed E-state index contributed by atoms with van der Waals surface area (Å²) in [5.41, 5.74) is 0.989. The molecule has 2 nitrogen and oxygen atoms in total. The van der Waals surface area contributed by atoms with Crippen LogP contribution in [0, 0.1) is 0 Å². The van der Waals surface area contributed by atoms with Gasteiger partial charge in [0.05, 0.1) is 7.11 Å². The molecule has 0 saturated heterocycles. The minimum Gasteiger partial charge on any atom is -0.466 e. The number of methoxy groups -OCH3 is 1. The third kappa shape index (κ3) is 14.3. The second-order valence-electron chi connectivity index (χ2n) is 3.55. The van der Waals surface area contributed by atoms with E-state index in [0.717, 1.165) is 17.1 Å². The van der Waals surface area contributed by atoms with Gasteiger partial charge in [-0.1, -0.05) is 64.1 Å². The predicted molar refractivity (Wildman–Crippen MR) is 108 cm³/mol. The summed E-state index contributed by atoms with van der Waals surface area (Å²) in [7, 11) is 8.57. The van der Waals surface area contributed by atoms with E-state index >= 15 is 0 Å². The van der Waals surface area contributed by atoms with Crippen LogP contribution in [0.4, 0.5) is 0 Å². The van der Waals surface area contributed by atoms with Gasteiger partial charge in [0.25, 0.3) is 0 Å². The topological polar surface area (TPSA) is 26.3 Å². The minimum atomic E-state index is -0.334. The standard InChI is InChI=1S/C10H10O2.C6H10S4/c1-12-10(11)8-7-9-5-3-2-4-6-9;1-3-5-7-9-10-8-6-4-2/h2-8H,1H3;3-4H,1-2,5-6H2. The zero-order valence-electron chi connectivity index (χ0n) is 12.5. The molecule has 0 radical (unpaired) electrons. The average molecular weight is 373 g/mol. The molecule has 0 unspecified atom stereocenters. The molecule has 0 fully saturated rings. The second-order valence-corrected chi connectivity index (χ2v) is 9.64. The van der Waals surface area contributed by atoms with Crippen LogP contribution in [-0.2, 0) is 9.53 Å². The lowest BCUT2D eigenvalue weighted by atomic mass is 10.2. The molecule has 0 N–H and O–H groups in total. The molecule has 6 heteroatoms. The number of ether oxygens (including phenoxy) is 1. The SMILES string of the molecule is C=CCSSSSCC=C.COC(=O)C=Cc1ccccc1. The van der Waals surface area contributed by atoms with E-state index in [9.17, 15) is 4.79 Å². The maximum Gasteiger partial charge on any atom is 0.330 e. The van der Waals surface area contributed by atoms with E-state index in [4.69, 9.17) is 0 Å². The Bertz CT molecular complexity index is 435. The molecular weight excluding hydrogens is 352 g/mol. The van der Waals surface area contributed by atoms with Gasteiger partial charge in [-0.2, -0.15) is 0 Å². The summed E-state index contributed by atoms with van der Waals surface area (Å²) in [5.74, 6) is 1.71. The molecule has 0 spiro atoms. The number of hydrogen-bond donors (Lipinski definition) is 0. The van der Waals surface area contributed by atoms with E-state index in [1.165, 1.54) is 13.2 Å². The van der Waals surface area contributed by atoms with Gasteiger partial charge < -0.3 is 4.74 Å². The van der Waals surface area contributed by atoms with Gasteiger partial charge in [0.1, 0.15) is 0 Å². The Labute approximate surface area is 148 Å². The number of esters is 1. The van der Waals surface area contributed by atoms with Crippen molar-refractivity contribution >= 4 is 53.3 Å². The minimum absolute atomic E-state index is 0.334. The van der Waals surface area contributed by atoms with Crippen molar-refractivity contribution in [3.8, 4) is 0 Å². The molecule has 0 atom stereocenters. The van der Waals surface area contributed by atoms with Gasteiger partial charge in [-0.3, -0.25) is 0 Å². The van der Waals surface area contributed by atoms with Crippen LogP contribution in [0.5, 0.6) is 0 Å². The lowest BCUT2D eigenvalue weighted by Crippen LogP contribution is -1.92. The van der Waals surface area contributed by atoms with Crippen LogP contribution in [0.25, 0.3) is 6.08 Å². The lowest BCUT2D eigenvalue weighted by Gasteiger charge is -1.93. The molecule has 22 heavy (non-hydrogen) atoms. The Kier molecular flexibility index (Phi) is 16.2.